The van der Waals surface area contributed by atoms with Gasteiger partial charge in [-0.3, -0.25) is 4.79 Å². The van der Waals surface area contributed by atoms with Crippen molar-refractivity contribution in [3.05, 3.63) is 64.1 Å². The molecule has 1 amide bonds. The molecule has 0 saturated carbocycles. The van der Waals surface area contributed by atoms with Gasteiger partial charge in [-0.05, 0) is 36.8 Å². The molecule has 1 atom stereocenters. The minimum Gasteiger partial charge on any atom is -0.378 e. The Kier molecular flexibility index (Phi) is 4.79. The van der Waals surface area contributed by atoms with Crippen LogP contribution in [-0.2, 0) is 0 Å². The van der Waals surface area contributed by atoms with Gasteiger partial charge in [0.25, 0.3) is 5.91 Å². The van der Waals surface area contributed by atoms with Crippen molar-refractivity contribution < 1.29 is 4.79 Å². The first-order valence-corrected chi connectivity index (χ1v) is 7.24. The number of carbonyl (C=O) groups excluding carboxylic acids is 1. The molecule has 0 saturated heterocycles. The molecule has 1 unspecified atom stereocenters. The lowest BCUT2D eigenvalue weighted by Gasteiger charge is -2.17. The van der Waals surface area contributed by atoms with Gasteiger partial charge in [0.15, 0.2) is 0 Å². The van der Waals surface area contributed by atoms with Gasteiger partial charge in [0.1, 0.15) is 0 Å². The normalized spacial score (nSPS) is 11.8. The van der Waals surface area contributed by atoms with E-state index in [1.807, 2.05) is 36.4 Å². The number of hydrogen-bond acceptors (Lipinski definition) is 2. The molecule has 3 nitrogen and oxygen atoms in total. The summed E-state index contributed by atoms with van der Waals surface area (Å²) in [5.41, 5.74) is 2.75. The standard InChI is InChI=1S/C16H17BrN2O/c1-11(14-8-3-4-9-15(14)17)19-13-7-5-6-12(10-13)16(20)18-2/h3-11,19H,1-2H3,(H,18,20). The number of nitrogens with one attached hydrogen (secondary N) is 2. The Labute approximate surface area is 127 Å². The number of benzene rings is 2. The quantitative estimate of drug-likeness (QED) is 0.889. The van der Waals surface area contributed by atoms with E-state index in [0.29, 0.717) is 5.56 Å². The number of hydrogen-bond donors (Lipinski definition) is 2. The molecule has 0 radical (unpaired) electrons. The first kappa shape index (κ1) is 14.6. The maximum Gasteiger partial charge on any atom is 0.251 e. The van der Waals surface area contributed by atoms with Crippen molar-refractivity contribution in [3.8, 4) is 0 Å². The van der Waals surface area contributed by atoms with Gasteiger partial charge in [-0.15, -0.1) is 0 Å². The summed E-state index contributed by atoms with van der Waals surface area (Å²) in [5, 5.41) is 6.04. The van der Waals surface area contributed by atoms with Crippen molar-refractivity contribution in [2.75, 3.05) is 12.4 Å². The lowest BCUT2D eigenvalue weighted by Crippen LogP contribution is -2.18. The maximum atomic E-state index is 11.6. The van der Waals surface area contributed by atoms with E-state index in [1.54, 1.807) is 13.1 Å². The zero-order chi connectivity index (χ0) is 14.5. The molecule has 104 valence electrons. The zero-order valence-corrected chi connectivity index (χ0v) is 13.1. The average Bonchev–Trinajstić information content (AvgIpc) is 2.47. The van der Waals surface area contributed by atoms with Crippen LogP contribution < -0.4 is 10.6 Å². The Morgan fingerprint density at radius 2 is 1.90 bits per heavy atom. The van der Waals surface area contributed by atoms with Crippen molar-refractivity contribution in [3.63, 3.8) is 0 Å². The second-order valence-electron chi connectivity index (χ2n) is 4.55. The lowest BCUT2D eigenvalue weighted by molar-refractivity contribution is 0.0963. The van der Waals surface area contributed by atoms with E-state index in [9.17, 15) is 4.79 Å². The molecule has 2 N–H and O–H groups in total. The van der Waals surface area contributed by atoms with E-state index in [2.05, 4.69) is 39.6 Å². The zero-order valence-electron chi connectivity index (χ0n) is 11.5. The molecule has 0 bridgehead atoms. The van der Waals surface area contributed by atoms with Crippen LogP contribution >= 0.6 is 15.9 Å². The lowest BCUT2D eigenvalue weighted by atomic mass is 10.1. The molecule has 0 aromatic heterocycles. The van der Waals surface area contributed by atoms with Gasteiger partial charge >= 0.3 is 0 Å². The minimum absolute atomic E-state index is 0.0813. The largest absolute Gasteiger partial charge is 0.378 e. The van der Waals surface area contributed by atoms with Gasteiger partial charge in [-0.25, -0.2) is 0 Å². The Hall–Kier alpha value is -1.81. The van der Waals surface area contributed by atoms with Crippen LogP contribution in [0.1, 0.15) is 28.9 Å². The van der Waals surface area contributed by atoms with Crippen molar-refractivity contribution in [1.29, 1.82) is 0 Å². The third-order valence-electron chi connectivity index (χ3n) is 3.11. The fourth-order valence-electron chi connectivity index (χ4n) is 2.05. The smallest absolute Gasteiger partial charge is 0.251 e. The highest BCUT2D eigenvalue weighted by Gasteiger charge is 2.09. The van der Waals surface area contributed by atoms with Gasteiger partial charge in [-0.1, -0.05) is 40.2 Å². The number of rotatable bonds is 4. The Morgan fingerprint density at radius 1 is 1.15 bits per heavy atom. The van der Waals surface area contributed by atoms with E-state index in [-0.39, 0.29) is 11.9 Å². The molecule has 4 heteroatoms. The fourth-order valence-corrected chi connectivity index (χ4v) is 2.68. The van der Waals surface area contributed by atoms with Crippen LogP contribution in [0, 0.1) is 0 Å². The Bertz CT molecular complexity index is 613. The van der Waals surface area contributed by atoms with Crippen LogP contribution in [-0.4, -0.2) is 13.0 Å². The van der Waals surface area contributed by atoms with E-state index in [1.165, 1.54) is 5.56 Å². The molecule has 2 aromatic rings. The molecule has 2 aromatic carbocycles. The molecule has 20 heavy (non-hydrogen) atoms. The highest BCUT2D eigenvalue weighted by molar-refractivity contribution is 9.10. The predicted octanol–water partition coefficient (Wildman–Crippen LogP) is 3.98. The summed E-state index contributed by atoms with van der Waals surface area (Å²) >= 11 is 3.56. The predicted molar refractivity (Wildman–Crippen MR) is 86.0 cm³/mol. The molecule has 2 rings (SSSR count). The van der Waals surface area contributed by atoms with Crippen LogP contribution in [0.15, 0.2) is 53.0 Å². The molecule has 0 heterocycles. The first-order chi connectivity index (χ1) is 9.61. The van der Waals surface area contributed by atoms with E-state index in [0.717, 1.165) is 10.2 Å². The van der Waals surface area contributed by atoms with E-state index < -0.39 is 0 Å². The molecule has 0 fully saturated rings. The van der Waals surface area contributed by atoms with E-state index in [4.69, 9.17) is 0 Å². The van der Waals surface area contributed by atoms with E-state index >= 15 is 0 Å². The summed E-state index contributed by atoms with van der Waals surface area (Å²) in [5.74, 6) is -0.0813. The molecule has 0 spiro atoms. The molecule has 0 aliphatic rings. The monoisotopic (exact) mass is 332 g/mol. The second-order valence-corrected chi connectivity index (χ2v) is 5.40. The molecule has 0 aliphatic heterocycles. The third kappa shape index (κ3) is 3.39. The van der Waals surface area contributed by atoms with Crippen LogP contribution in [0.3, 0.4) is 0 Å². The minimum atomic E-state index is -0.0813. The summed E-state index contributed by atoms with van der Waals surface area (Å²) in [6, 6.07) is 15.7. The maximum absolute atomic E-state index is 11.6. The van der Waals surface area contributed by atoms with Gasteiger partial charge < -0.3 is 10.6 Å². The molecular weight excluding hydrogens is 316 g/mol. The van der Waals surface area contributed by atoms with Crippen molar-refractivity contribution >= 4 is 27.5 Å². The van der Waals surface area contributed by atoms with Gasteiger partial charge in [0, 0.05) is 28.8 Å². The summed E-state index contributed by atoms with van der Waals surface area (Å²) in [4.78, 5) is 11.6. The highest BCUT2D eigenvalue weighted by atomic mass is 79.9. The fraction of sp³-hybridized carbons (Fsp3) is 0.188. The SMILES string of the molecule is CNC(=O)c1cccc(NC(C)c2ccccc2Br)c1. The van der Waals surface area contributed by atoms with Crippen molar-refractivity contribution in [2.45, 2.75) is 13.0 Å². The number of amides is 1. The van der Waals surface area contributed by atoms with Gasteiger partial charge in [0.05, 0.1) is 0 Å². The second kappa shape index (κ2) is 6.57. The Morgan fingerprint density at radius 3 is 2.60 bits per heavy atom. The topological polar surface area (TPSA) is 41.1 Å². The molecular formula is C16H17BrN2O. The van der Waals surface area contributed by atoms with Crippen LogP contribution in [0.2, 0.25) is 0 Å². The highest BCUT2D eigenvalue weighted by Crippen LogP contribution is 2.26. The average molecular weight is 333 g/mol. The number of halogens is 1. The van der Waals surface area contributed by atoms with Crippen molar-refractivity contribution in [2.24, 2.45) is 0 Å². The third-order valence-corrected chi connectivity index (χ3v) is 3.83. The summed E-state index contributed by atoms with van der Waals surface area (Å²) < 4.78 is 1.07. The summed E-state index contributed by atoms with van der Waals surface area (Å²) in [7, 11) is 1.63. The van der Waals surface area contributed by atoms with Crippen molar-refractivity contribution in [1.82, 2.24) is 5.32 Å². The number of anilines is 1. The van der Waals surface area contributed by atoms with Gasteiger partial charge in [-0.2, -0.15) is 0 Å². The summed E-state index contributed by atoms with van der Waals surface area (Å²) in [6.07, 6.45) is 0. The first-order valence-electron chi connectivity index (χ1n) is 6.45. The number of carbonyl (C=O) groups is 1. The van der Waals surface area contributed by atoms with Gasteiger partial charge in [0.2, 0.25) is 0 Å². The molecule has 0 aliphatic carbocycles. The van der Waals surface area contributed by atoms with Crippen LogP contribution in [0.5, 0.6) is 0 Å². The van der Waals surface area contributed by atoms with Crippen LogP contribution in [0.25, 0.3) is 0 Å². The van der Waals surface area contributed by atoms with Crippen LogP contribution in [0.4, 0.5) is 5.69 Å². The summed E-state index contributed by atoms with van der Waals surface area (Å²) in [6.45, 7) is 2.09. The Balaban J connectivity index is 2.18.